The summed E-state index contributed by atoms with van der Waals surface area (Å²) in [5.74, 6) is 0.481. The zero-order valence-corrected chi connectivity index (χ0v) is 15.3. The molecule has 0 unspecified atom stereocenters. The molecule has 134 valence electrons. The Balaban J connectivity index is 1.58. The molecule has 0 spiro atoms. The predicted molar refractivity (Wildman–Crippen MR) is 99.3 cm³/mol. The first-order chi connectivity index (χ1) is 12.6. The van der Waals surface area contributed by atoms with Gasteiger partial charge in [0.1, 0.15) is 4.88 Å². The van der Waals surface area contributed by atoms with Crippen molar-refractivity contribution in [2.75, 3.05) is 12.4 Å². The number of oxazole rings is 1. The van der Waals surface area contributed by atoms with Gasteiger partial charge < -0.3 is 14.5 Å². The maximum absolute atomic E-state index is 12.1. The highest BCUT2D eigenvalue weighted by molar-refractivity contribution is 7.12. The number of nitrogens with one attached hydrogen (secondary N) is 1. The SMILES string of the molecule is COC(=O)c1sccc1NC(=O)CCc1ncc(-c2ccc(C)cc2)o1. The van der Waals surface area contributed by atoms with E-state index in [-0.39, 0.29) is 12.3 Å². The molecule has 0 radical (unpaired) electrons. The van der Waals surface area contributed by atoms with Gasteiger partial charge >= 0.3 is 5.97 Å². The van der Waals surface area contributed by atoms with Gasteiger partial charge in [0.2, 0.25) is 5.91 Å². The van der Waals surface area contributed by atoms with E-state index in [0.717, 1.165) is 5.56 Å². The molecule has 0 fully saturated rings. The van der Waals surface area contributed by atoms with Crippen LogP contribution in [0.3, 0.4) is 0 Å². The Kier molecular flexibility index (Phi) is 5.48. The number of aromatic nitrogens is 1. The van der Waals surface area contributed by atoms with Crippen molar-refractivity contribution in [3.8, 4) is 11.3 Å². The van der Waals surface area contributed by atoms with Gasteiger partial charge in [-0.25, -0.2) is 9.78 Å². The van der Waals surface area contributed by atoms with E-state index in [9.17, 15) is 9.59 Å². The number of amides is 1. The van der Waals surface area contributed by atoms with E-state index in [1.54, 1.807) is 17.6 Å². The van der Waals surface area contributed by atoms with E-state index in [0.29, 0.717) is 28.6 Å². The minimum atomic E-state index is -0.467. The number of carbonyl (C=O) groups excluding carboxylic acids is 2. The van der Waals surface area contributed by atoms with Crippen molar-refractivity contribution in [3.63, 3.8) is 0 Å². The van der Waals surface area contributed by atoms with E-state index < -0.39 is 5.97 Å². The number of aryl methyl sites for hydroxylation is 2. The van der Waals surface area contributed by atoms with E-state index in [1.165, 1.54) is 24.0 Å². The number of rotatable bonds is 6. The predicted octanol–water partition coefficient (Wildman–Crippen LogP) is 4.07. The van der Waals surface area contributed by atoms with Gasteiger partial charge in [0, 0.05) is 18.4 Å². The Bertz CT molecular complexity index is 912. The summed E-state index contributed by atoms with van der Waals surface area (Å²) in [4.78, 5) is 28.4. The summed E-state index contributed by atoms with van der Waals surface area (Å²) in [6.07, 6.45) is 2.23. The molecule has 2 aromatic heterocycles. The van der Waals surface area contributed by atoms with Crippen LogP contribution in [-0.2, 0) is 16.0 Å². The molecule has 0 bridgehead atoms. The smallest absolute Gasteiger partial charge is 0.350 e. The van der Waals surface area contributed by atoms with Crippen molar-refractivity contribution < 1.29 is 18.7 Å². The maximum Gasteiger partial charge on any atom is 0.350 e. The summed E-state index contributed by atoms with van der Waals surface area (Å²) in [6.45, 7) is 2.02. The van der Waals surface area contributed by atoms with E-state index >= 15 is 0 Å². The minimum Gasteiger partial charge on any atom is -0.465 e. The molecule has 0 atom stereocenters. The third-order valence-corrected chi connectivity index (χ3v) is 4.66. The van der Waals surface area contributed by atoms with Crippen LogP contribution in [0.2, 0.25) is 0 Å². The van der Waals surface area contributed by atoms with Crippen LogP contribution in [-0.4, -0.2) is 24.0 Å². The molecule has 0 saturated carbocycles. The molecule has 3 aromatic rings. The van der Waals surface area contributed by atoms with Crippen molar-refractivity contribution >= 4 is 28.9 Å². The zero-order valence-electron chi connectivity index (χ0n) is 14.4. The summed E-state index contributed by atoms with van der Waals surface area (Å²) in [7, 11) is 1.31. The summed E-state index contributed by atoms with van der Waals surface area (Å²) in [6, 6.07) is 9.62. The zero-order chi connectivity index (χ0) is 18.5. The number of anilines is 1. The summed E-state index contributed by atoms with van der Waals surface area (Å²) >= 11 is 1.22. The lowest BCUT2D eigenvalue weighted by Crippen LogP contribution is -2.14. The minimum absolute atomic E-state index is 0.199. The molecule has 1 amide bonds. The monoisotopic (exact) mass is 370 g/mol. The highest BCUT2D eigenvalue weighted by Crippen LogP contribution is 2.24. The fourth-order valence-electron chi connectivity index (χ4n) is 2.37. The first-order valence-corrected chi connectivity index (χ1v) is 8.92. The highest BCUT2D eigenvalue weighted by Gasteiger charge is 2.16. The van der Waals surface area contributed by atoms with E-state index in [4.69, 9.17) is 9.15 Å². The Morgan fingerprint density at radius 2 is 2.00 bits per heavy atom. The summed E-state index contributed by atoms with van der Waals surface area (Å²) < 4.78 is 10.4. The van der Waals surface area contributed by atoms with Crippen molar-refractivity contribution in [1.82, 2.24) is 4.98 Å². The first kappa shape index (κ1) is 17.9. The van der Waals surface area contributed by atoms with Crippen molar-refractivity contribution in [2.45, 2.75) is 19.8 Å². The van der Waals surface area contributed by atoms with Gasteiger partial charge in [-0.2, -0.15) is 0 Å². The molecule has 7 heteroatoms. The van der Waals surface area contributed by atoms with Gasteiger partial charge in [0.15, 0.2) is 11.7 Å². The van der Waals surface area contributed by atoms with Crippen LogP contribution in [0.4, 0.5) is 5.69 Å². The Morgan fingerprint density at radius 3 is 2.73 bits per heavy atom. The van der Waals surface area contributed by atoms with Crippen molar-refractivity contribution in [1.29, 1.82) is 0 Å². The second-order valence-electron chi connectivity index (χ2n) is 5.69. The Hall–Kier alpha value is -2.93. The van der Waals surface area contributed by atoms with Crippen LogP contribution >= 0.6 is 11.3 Å². The van der Waals surface area contributed by atoms with E-state index in [2.05, 4.69) is 10.3 Å². The lowest BCUT2D eigenvalue weighted by atomic mass is 10.1. The molecule has 0 aliphatic carbocycles. The third-order valence-electron chi connectivity index (χ3n) is 3.77. The topological polar surface area (TPSA) is 81.4 Å². The molecular weight excluding hydrogens is 352 g/mol. The van der Waals surface area contributed by atoms with Crippen LogP contribution < -0.4 is 5.32 Å². The van der Waals surface area contributed by atoms with Crippen LogP contribution in [0.1, 0.15) is 27.5 Å². The van der Waals surface area contributed by atoms with Gasteiger partial charge in [-0.3, -0.25) is 4.79 Å². The largest absolute Gasteiger partial charge is 0.465 e. The van der Waals surface area contributed by atoms with Crippen molar-refractivity contribution in [2.24, 2.45) is 0 Å². The summed E-state index contributed by atoms with van der Waals surface area (Å²) in [5, 5.41) is 4.45. The molecular formula is C19H18N2O4S. The average Bonchev–Trinajstić information content (AvgIpc) is 3.29. The first-order valence-electron chi connectivity index (χ1n) is 8.04. The number of nitrogens with zero attached hydrogens (tertiary/aromatic N) is 1. The molecule has 0 saturated heterocycles. The number of hydrogen-bond acceptors (Lipinski definition) is 6. The van der Waals surface area contributed by atoms with Gasteiger partial charge in [0.25, 0.3) is 0 Å². The summed E-state index contributed by atoms with van der Waals surface area (Å²) in [5.41, 5.74) is 2.57. The van der Waals surface area contributed by atoms with Crippen LogP contribution in [0.15, 0.2) is 46.3 Å². The van der Waals surface area contributed by atoms with Crippen LogP contribution in [0, 0.1) is 6.92 Å². The number of benzene rings is 1. The number of methoxy groups -OCH3 is 1. The molecule has 0 aliphatic heterocycles. The number of carbonyl (C=O) groups is 2. The molecule has 3 rings (SSSR count). The standard InChI is InChI=1S/C19H18N2O4S/c1-12-3-5-13(6-4-12)15-11-20-17(25-15)8-7-16(22)21-14-9-10-26-18(14)19(23)24-2/h3-6,9-11H,7-8H2,1-2H3,(H,21,22). The molecule has 26 heavy (non-hydrogen) atoms. The molecule has 1 N–H and O–H groups in total. The maximum atomic E-state index is 12.1. The fraction of sp³-hybridized carbons (Fsp3) is 0.211. The molecule has 6 nitrogen and oxygen atoms in total. The molecule has 0 aliphatic rings. The third kappa shape index (κ3) is 4.18. The molecule has 2 heterocycles. The van der Waals surface area contributed by atoms with E-state index in [1.807, 2.05) is 31.2 Å². The fourth-order valence-corrected chi connectivity index (χ4v) is 3.13. The number of ether oxygens (including phenoxy) is 1. The van der Waals surface area contributed by atoms with Crippen LogP contribution in [0.25, 0.3) is 11.3 Å². The lowest BCUT2D eigenvalue weighted by molar-refractivity contribution is -0.116. The second kappa shape index (κ2) is 7.97. The average molecular weight is 370 g/mol. The Morgan fingerprint density at radius 1 is 1.23 bits per heavy atom. The van der Waals surface area contributed by atoms with Gasteiger partial charge in [-0.1, -0.05) is 29.8 Å². The normalized spacial score (nSPS) is 10.5. The van der Waals surface area contributed by atoms with Crippen molar-refractivity contribution in [3.05, 3.63) is 58.2 Å². The number of esters is 1. The number of hydrogen-bond donors (Lipinski definition) is 1. The van der Waals surface area contributed by atoms with Crippen LogP contribution in [0.5, 0.6) is 0 Å². The lowest BCUT2D eigenvalue weighted by Gasteiger charge is -2.04. The highest BCUT2D eigenvalue weighted by atomic mass is 32.1. The van der Waals surface area contributed by atoms with Gasteiger partial charge in [-0.15, -0.1) is 11.3 Å². The van der Waals surface area contributed by atoms with Gasteiger partial charge in [0.05, 0.1) is 19.0 Å². The van der Waals surface area contributed by atoms with Gasteiger partial charge in [-0.05, 0) is 18.4 Å². The molecule has 1 aromatic carbocycles. The second-order valence-corrected chi connectivity index (χ2v) is 6.60. The quantitative estimate of drug-likeness (QED) is 0.662. The number of thiophene rings is 1. The Labute approximate surface area is 154 Å².